The van der Waals surface area contributed by atoms with Crippen LogP contribution in [0.2, 0.25) is 5.02 Å². The maximum atomic E-state index is 12.8. The van der Waals surface area contributed by atoms with Crippen molar-refractivity contribution in [3.63, 3.8) is 0 Å². The highest BCUT2D eigenvalue weighted by Gasteiger charge is 2.30. The van der Waals surface area contributed by atoms with Crippen LogP contribution in [0.4, 0.5) is 10.5 Å². The molecule has 2 amide bonds. The van der Waals surface area contributed by atoms with Crippen LogP contribution >= 0.6 is 11.6 Å². The summed E-state index contributed by atoms with van der Waals surface area (Å²) in [4.78, 5) is 12.3. The number of halogens is 1. The van der Waals surface area contributed by atoms with E-state index in [2.05, 4.69) is 10.6 Å². The Bertz CT molecular complexity index is 915. The zero-order valence-electron chi connectivity index (χ0n) is 15.7. The van der Waals surface area contributed by atoms with Crippen LogP contribution in [0.5, 0.6) is 0 Å². The molecule has 6 nitrogen and oxygen atoms in total. The molecule has 2 aromatic carbocycles. The van der Waals surface area contributed by atoms with E-state index in [-0.39, 0.29) is 16.8 Å². The van der Waals surface area contributed by atoms with Crippen molar-refractivity contribution in [1.82, 2.24) is 9.62 Å². The molecule has 0 radical (unpaired) electrons. The minimum atomic E-state index is -3.56. The van der Waals surface area contributed by atoms with Gasteiger partial charge < -0.3 is 10.6 Å². The molecule has 1 heterocycles. The molecule has 0 unspecified atom stereocenters. The van der Waals surface area contributed by atoms with Crippen LogP contribution in [0.15, 0.2) is 53.4 Å². The summed E-state index contributed by atoms with van der Waals surface area (Å²) in [6, 6.07) is 13.4. The molecule has 2 N–H and O–H groups in total. The van der Waals surface area contributed by atoms with Crippen LogP contribution in [0, 0.1) is 12.8 Å². The van der Waals surface area contributed by atoms with Crippen molar-refractivity contribution in [1.29, 1.82) is 0 Å². The third-order valence-electron chi connectivity index (χ3n) is 4.79. The summed E-state index contributed by atoms with van der Waals surface area (Å²) in [5.41, 5.74) is 1.84. The molecule has 28 heavy (non-hydrogen) atoms. The SMILES string of the molecule is Cc1ccc(NC(=O)NC[C@@H]2CCCN(S(=O)(=O)c3ccc(Cl)cc3)C2)cc1. The second kappa shape index (κ2) is 8.94. The molecular weight excluding hydrogens is 398 g/mol. The molecule has 2 aromatic rings. The molecule has 1 saturated heterocycles. The first kappa shape index (κ1) is 20.6. The molecule has 1 fully saturated rings. The lowest BCUT2D eigenvalue weighted by atomic mass is 10.00. The minimum absolute atomic E-state index is 0.0691. The highest BCUT2D eigenvalue weighted by atomic mass is 35.5. The van der Waals surface area contributed by atoms with Crippen molar-refractivity contribution < 1.29 is 13.2 Å². The number of nitrogens with zero attached hydrogens (tertiary/aromatic N) is 1. The van der Waals surface area contributed by atoms with Gasteiger partial charge in [0.25, 0.3) is 0 Å². The number of piperidine rings is 1. The number of nitrogens with one attached hydrogen (secondary N) is 2. The Balaban J connectivity index is 1.55. The molecule has 1 aliphatic rings. The van der Waals surface area contributed by atoms with Crippen LogP contribution in [-0.2, 0) is 10.0 Å². The quantitative estimate of drug-likeness (QED) is 0.769. The Morgan fingerprint density at radius 3 is 2.50 bits per heavy atom. The summed E-state index contributed by atoms with van der Waals surface area (Å²) in [6.07, 6.45) is 1.64. The average molecular weight is 422 g/mol. The molecular formula is C20H24ClN3O3S. The predicted octanol–water partition coefficient (Wildman–Crippen LogP) is 3.87. The van der Waals surface area contributed by atoms with E-state index in [1.807, 2.05) is 31.2 Å². The Morgan fingerprint density at radius 2 is 1.82 bits per heavy atom. The number of benzene rings is 2. The Morgan fingerprint density at radius 1 is 1.14 bits per heavy atom. The van der Waals surface area contributed by atoms with Crippen molar-refractivity contribution in [2.45, 2.75) is 24.7 Å². The van der Waals surface area contributed by atoms with Crippen LogP contribution < -0.4 is 10.6 Å². The Hall–Kier alpha value is -2.09. The van der Waals surface area contributed by atoms with Crippen LogP contribution in [0.3, 0.4) is 0 Å². The van der Waals surface area contributed by atoms with E-state index in [1.165, 1.54) is 16.4 Å². The highest BCUT2D eigenvalue weighted by Crippen LogP contribution is 2.24. The van der Waals surface area contributed by atoms with Crippen LogP contribution in [0.25, 0.3) is 0 Å². The third-order valence-corrected chi connectivity index (χ3v) is 6.93. The maximum absolute atomic E-state index is 12.8. The lowest BCUT2D eigenvalue weighted by Crippen LogP contribution is -2.44. The number of aryl methyl sites for hydroxylation is 1. The second-order valence-electron chi connectivity index (χ2n) is 7.03. The normalized spacial score (nSPS) is 17.9. The van der Waals surface area contributed by atoms with Crippen molar-refractivity contribution in [3.05, 3.63) is 59.1 Å². The van der Waals surface area contributed by atoms with Gasteiger partial charge in [0.05, 0.1) is 4.90 Å². The first-order chi connectivity index (χ1) is 13.3. The zero-order valence-corrected chi connectivity index (χ0v) is 17.3. The number of hydrogen-bond acceptors (Lipinski definition) is 3. The number of anilines is 1. The van der Waals surface area contributed by atoms with E-state index in [9.17, 15) is 13.2 Å². The van der Waals surface area contributed by atoms with E-state index >= 15 is 0 Å². The van der Waals surface area contributed by atoms with Crippen LogP contribution in [-0.4, -0.2) is 38.4 Å². The van der Waals surface area contributed by atoms with E-state index in [0.717, 1.165) is 24.1 Å². The van der Waals surface area contributed by atoms with Gasteiger partial charge >= 0.3 is 6.03 Å². The van der Waals surface area contributed by atoms with Gasteiger partial charge in [0.15, 0.2) is 0 Å². The molecule has 3 rings (SSSR count). The van der Waals surface area contributed by atoms with Gasteiger partial charge in [-0.3, -0.25) is 0 Å². The Labute approximate surface area is 170 Å². The standard InChI is InChI=1S/C20H24ClN3O3S/c1-15-4-8-18(9-5-15)23-20(25)22-13-16-3-2-12-24(14-16)28(26,27)19-10-6-17(21)7-11-19/h4-11,16H,2-3,12-14H2,1H3,(H2,22,23,25)/t16-/m0/s1. The van der Waals surface area contributed by atoms with Crippen molar-refractivity contribution in [2.75, 3.05) is 25.0 Å². The zero-order chi connectivity index (χ0) is 20.1. The molecule has 0 bridgehead atoms. The molecule has 0 aromatic heterocycles. The van der Waals surface area contributed by atoms with Crippen molar-refractivity contribution >= 4 is 33.3 Å². The van der Waals surface area contributed by atoms with Crippen molar-refractivity contribution in [3.8, 4) is 0 Å². The van der Waals surface area contributed by atoms with Crippen molar-refractivity contribution in [2.24, 2.45) is 5.92 Å². The summed E-state index contributed by atoms with van der Waals surface area (Å²) in [7, 11) is -3.56. The lowest BCUT2D eigenvalue weighted by Gasteiger charge is -2.32. The largest absolute Gasteiger partial charge is 0.338 e. The van der Waals surface area contributed by atoms with Gasteiger partial charge in [0.2, 0.25) is 10.0 Å². The number of carbonyl (C=O) groups excluding carboxylic acids is 1. The molecule has 0 spiro atoms. The first-order valence-corrected chi connectivity index (χ1v) is 11.0. The third kappa shape index (κ3) is 5.25. The van der Waals surface area contributed by atoms with E-state index in [0.29, 0.717) is 24.7 Å². The van der Waals surface area contributed by atoms with E-state index < -0.39 is 10.0 Å². The van der Waals surface area contributed by atoms with Gasteiger partial charge in [-0.25, -0.2) is 13.2 Å². The summed E-state index contributed by atoms with van der Waals surface area (Å²) in [6.45, 7) is 3.27. The fourth-order valence-corrected chi connectivity index (χ4v) is 4.90. The molecule has 0 aliphatic carbocycles. The molecule has 1 aliphatic heterocycles. The summed E-state index contributed by atoms with van der Waals surface area (Å²) >= 11 is 5.85. The molecule has 1 atom stereocenters. The van der Waals surface area contributed by atoms with Gasteiger partial charge in [0, 0.05) is 30.3 Å². The van der Waals surface area contributed by atoms with Gasteiger partial charge in [-0.1, -0.05) is 29.3 Å². The fraction of sp³-hybridized carbons (Fsp3) is 0.350. The average Bonchev–Trinajstić information content (AvgIpc) is 2.69. The molecule has 150 valence electrons. The number of carbonyl (C=O) groups is 1. The lowest BCUT2D eigenvalue weighted by molar-refractivity contribution is 0.238. The van der Waals surface area contributed by atoms with E-state index in [1.54, 1.807) is 12.1 Å². The topological polar surface area (TPSA) is 78.5 Å². The summed E-state index contributed by atoms with van der Waals surface area (Å²) in [5.74, 6) is 0.0691. The monoisotopic (exact) mass is 421 g/mol. The van der Waals surface area contributed by atoms with Gasteiger partial charge in [-0.05, 0) is 62.1 Å². The van der Waals surface area contributed by atoms with E-state index in [4.69, 9.17) is 11.6 Å². The maximum Gasteiger partial charge on any atom is 0.319 e. The molecule has 0 saturated carbocycles. The van der Waals surface area contributed by atoms with Gasteiger partial charge in [-0.15, -0.1) is 0 Å². The highest BCUT2D eigenvalue weighted by molar-refractivity contribution is 7.89. The number of amides is 2. The number of hydrogen-bond donors (Lipinski definition) is 2. The minimum Gasteiger partial charge on any atom is -0.338 e. The Kier molecular flexibility index (Phi) is 6.59. The predicted molar refractivity (Wildman–Crippen MR) is 111 cm³/mol. The van der Waals surface area contributed by atoms with Gasteiger partial charge in [0.1, 0.15) is 0 Å². The molecule has 8 heteroatoms. The summed E-state index contributed by atoms with van der Waals surface area (Å²) in [5, 5.41) is 6.13. The fourth-order valence-electron chi connectivity index (χ4n) is 3.22. The smallest absolute Gasteiger partial charge is 0.319 e. The van der Waals surface area contributed by atoms with Gasteiger partial charge in [-0.2, -0.15) is 4.31 Å². The number of rotatable bonds is 5. The van der Waals surface area contributed by atoms with Crippen LogP contribution in [0.1, 0.15) is 18.4 Å². The number of urea groups is 1. The number of sulfonamides is 1. The first-order valence-electron chi connectivity index (χ1n) is 9.22. The second-order valence-corrected chi connectivity index (χ2v) is 9.40. The summed E-state index contributed by atoms with van der Waals surface area (Å²) < 4.78 is 27.2.